The maximum Gasteiger partial charge on any atom is 0.322 e. The molecule has 4 atom stereocenters. The van der Waals surface area contributed by atoms with Crippen LogP contribution in [-0.4, -0.2) is 32.2 Å². The Balaban J connectivity index is 1.84. The highest BCUT2D eigenvalue weighted by atomic mass is 32.2. The molecule has 18 heavy (non-hydrogen) atoms. The fourth-order valence-corrected chi connectivity index (χ4v) is 4.01. The van der Waals surface area contributed by atoms with E-state index >= 15 is 0 Å². The Morgan fingerprint density at radius 1 is 1.39 bits per heavy atom. The van der Waals surface area contributed by atoms with E-state index in [4.69, 9.17) is 0 Å². The van der Waals surface area contributed by atoms with Crippen molar-refractivity contribution in [1.29, 1.82) is 0 Å². The zero-order valence-corrected chi connectivity index (χ0v) is 10.3. The number of piperidine rings is 1. The van der Waals surface area contributed by atoms with E-state index in [1.54, 1.807) is 0 Å². The standard InChI is InChI=1S/C12H12FNO3S/c13-8-1-3-9(4-2-8)18(17)14-6-7-5-10(7)11(14)12(15)16/h1-4,7,10-11H,5-6H2,(H,15,16)/t7-,10-,11-,18?/m0/s1. The molecule has 2 fully saturated rings. The molecule has 0 spiro atoms. The van der Waals surface area contributed by atoms with Gasteiger partial charge in [-0.05, 0) is 42.5 Å². The third kappa shape index (κ3) is 1.85. The van der Waals surface area contributed by atoms with Crippen molar-refractivity contribution in [2.24, 2.45) is 11.8 Å². The fourth-order valence-electron chi connectivity index (χ4n) is 2.59. The summed E-state index contributed by atoms with van der Waals surface area (Å²) >= 11 is 0. The molecule has 0 bridgehead atoms. The summed E-state index contributed by atoms with van der Waals surface area (Å²) in [6.45, 7) is 0.547. The average Bonchev–Trinajstić information content (AvgIpc) is 2.99. The molecule has 1 aromatic carbocycles. The molecule has 3 rings (SSSR count). The van der Waals surface area contributed by atoms with Crippen LogP contribution in [0.25, 0.3) is 0 Å². The normalized spacial score (nSPS) is 31.9. The molecule has 1 N–H and O–H groups in total. The zero-order chi connectivity index (χ0) is 12.9. The van der Waals surface area contributed by atoms with Crippen molar-refractivity contribution < 1.29 is 18.5 Å². The summed E-state index contributed by atoms with van der Waals surface area (Å²) in [5, 5.41) is 9.18. The zero-order valence-electron chi connectivity index (χ0n) is 9.45. The van der Waals surface area contributed by atoms with E-state index in [9.17, 15) is 18.5 Å². The molecule has 0 radical (unpaired) electrons. The van der Waals surface area contributed by atoms with Crippen LogP contribution < -0.4 is 0 Å². The Hall–Kier alpha value is -1.27. The average molecular weight is 269 g/mol. The van der Waals surface area contributed by atoms with E-state index in [1.807, 2.05) is 0 Å². The van der Waals surface area contributed by atoms with E-state index in [0.29, 0.717) is 17.4 Å². The van der Waals surface area contributed by atoms with Gasteiger partial charge in [0, 0.05) is 6.54 Å². The number of carboxylic acid groups (broad SMARTS) is 1. The summed E-state index contributed by atoms with van der Waals surface area (Å²) in [6.07, 6.45) is 0.911. The van der Waals surface area contributed by atoms with Crippen LogP contribution in [0.3, 0.4) is 0 Å². The van der Waals surface area contributed by atoms with Crippen molar-refractivity contribution in [2.45, 2.75) is 17.4 Å². The molecule has 1 aromatic rings. The summed E-state index contributed by atoms with van der Waals surface area (Å²) in [4.78, 5) is 11.7. The van der Waals surface area contributed by atoms with Crippen LogP contribution >= 0.6 is 0 Å². The third-order valence-electron chi connectivity index (χ3n) is 3.59. The van der Waals surface area contributed by atoms with Crippen LogP contribution in [0.2, 0.25) is 0 Å². The number of carboxylic acids is 1. The number of carbonyl (C=O) groups is 1. The monoisotopic (exact) mass is 269 g/mol. The minimum atomic E-state index is -1.52. The molecule has 4 nitrogen and oxygen atoms in total. The van der Waals surface area contributed by atoms with Gasteiger partial charge in [-0.1, -0.05) is 0 Å². The molecule has 1 unspecified atom stereocenters. The highest BCUT2D eigenvalue weighted by Gasteiger charge is 2.57. The van der Waals surface area contributed by atoms with Gasteiger partial charge >= 0.3 is 5.97 Å². The molecule has 96 valence electrons. The third-order valence-corrected chi connectivity index (χ3v) is 5.07. The van der Waals surface area contributed by atoms with Gasteiger partial charge in [-0.3, -0.25) is 4.79 Å². The van der Waals surface area contributed by atoms with Gasteiger partial charge in [0.2, 0.25) is 0 Å². The van der Waals surface area contributed by atoms with Crippen LogP contribution in [0.15, 0.2) is 29.2 Å². The number of halogens is 1. The highest BCUT2D eigenvalue weighted by molar-refractivity contribution is 7.82. The second kappa shape index (κ2) is 4.13. The molecular weight excluding hydrogens is 257 g/mol. The van der Waals surface area contributed by atoms with Crippen molar-refractivity contribution in [3.05, 3.63) is 30.1 Å². The topological polar surface area (TPSA) is 57.6 Å². The summed E-state index contributed by atoms with van der Waals surface area (Å²) in [7, 11) is -1.52. The van der Waals surface area contributed by atoms with Gasteiger partial charge in [-0.25, -0.2) is 12.9 Å². The molecule has 1 heterocycles. The molecule has 1 saturated carbocycles. The second-order valence-corrected chi connectivity index (χ2v) is 6.18. The van der Waals surface area contributed by atoms with E-state index in [-0.39, 0.29) is 5.92 Å². The number of rotatable bonds is 3. The summed E-state index contributed by atoms with van der Waals surface area (Å²) in [5.74, 6) is -0.826. The molecule has 6 heteroatoms. The number of benzene rings is 1. The molecule has 2 aliphatic rings. The molecule has 0 aromatic heterocycles. The number of hydrogen-bond donors (Lipinski definition) is 1. The van der Waals surface area contributed by atoms with Crippen molar-refractivity contribution in [2.75, 3.05) is 6.54 Å². The van der Waals surface area contributed by atoms with E-state index in [1.165, 1.54) is 28.6 Å². The Kier molecular flexibility index (Phi) is 2.71. The van der Waals surface area contributed by atoms with Gasteiger partial charge in [0.25, 0.3) is 0 Å². The predicted molar refractivity (Wildman–Crippen MR) is 62.5 cm³/mol. The van der Waals surface area contributed by atoms with Gasteiger partial charge < -0.3 is 5.11 Å². The van der Waals surface area contributed by atoms with Gasteiger partial charge in [-0.15, -0.1) is 0 Å². The highest BCUT2D eigenvalue weighted by Crippen LogP contribution is 2.50. The van der Waals surface area contributed by atoms with Crippen LogP contribution in [-0.2, 0) is 15.8 Å². The first-order valence-corrected chi connectivity index (χ1v) is 6.85. The van der Waals surface area contributed by atoms with Crippen LogP contribution in [0, 0.1) is 17.7 Å². The van der Waals surface area contributed by atoms with Crippen molar-refractivity contribution in [3.63, 3.8) is 0 Å². The number of nitrogens with zero attached hydrogens (tertiary/aromatic N) is 1. The summed E-state index contributed by atoms with van der Waals surface area (Å²) in [6, 6.07) is 4.68. The lowest BCUT2D eigenvalue weighted by Gasteiger charge is -2.22. The quantitative estimate of drug-likeness (QED) is 0.898. The van der Waals surface area contributed by atoms with Crippen LogP contribution in [0.5, 0.6) is 0 Å². The molecule has 1 aliphatic heterocycles. The number of fused-ring (bicyclic) bond motifs is 1. The maximum atomic E-state index is 12.8. The Bertz CT molecular complexity index is 519. The van der Waals surface area contributed by atoms with Gasteiger partial charge in [-0.2, -0.15) is 0 Å². The number of hydrogen-bond acceptors (Lipinski definition) is 2. The van der Waals surface area contributed by atoms with E-state index < -0.39 is 28.8 Å². The summed E-state index contributed by atoms with van der Waals surface area (Å²) in [5.41, 5.74) is 0. The van der Waals surface area contributed by atoms with Gasteiger partial charge in [0.05, 0.1) is 4.90 Å². The Labute approximate surface area is 106 Å². The van der Waals surface area contributed by atoms with E-state index in [2.05, 4.69) is 0 Å². The van der Waals surface area contributed by atoms with Gasteiger partial charge in [0.1, 0.15) is 22.8 Å². The lowest BCUT2D eigenvalue weighted by atomic mass is 10.2. The first kappa shape index (κ1) is 11.8. The molecule has 1 saturated heterocycles. The molecule has 0 amide bonds. The van der Waals surface area contributed by atoms with Crippen molar-refractivity contribution >= 4 is 17.0 Å². The number of aliphatic carboxylic acids is 1. The molecular formula is C12H12FNO3S. The van der Waals surface area contributed by atoms with Gasteiger partial charge in [0.15, 0.2) is 0 Å². The largest absolute Gasteiger partial charge is 0.480 e. The maximum absolute atomic E-state index is 12.8. The first-order valence-electron chi connectivity index (χ1n) is 5.75. The van der Waals surface area contributed by atoms with E-state index in [0.717, 1.165) is 6.42 Å². The lowest BCUT2D eigenvalue weighted by Crippen LogP contribution is -2.40. The minimum Gasteiger partial charge on any atom is -0.480 e. The molecule has 1 aliphatic carbocycles. The summed E-state index contributed by atoms with van der Waals surface area (Å²) < 4.78 is 26.6. The van der Waals surface area contributed by atoms with Crippen LogP contribution in [0.1, 0.15) is 6.42 Å². The Morgan fingerprint density at radius 3 is 2.67 bits per heavy atom. The second-order valence-electron chi connectivity index (χ2n) is 4.75. The predicted octanol–water partition coefficient (Wildman–Crippen LogP) is 1.25. The minimum absolute atomic E-state index is 0.131. The van der Waals surface area contributed by atoms with Crippen molar-refractivity contribution in [1.82, 2.24) is 4.31 Å². The Morgan fingerprint density at radius 2 is 2.06 bits per heavy atom. The van der Waals surface area contributed by atoms with Crippen LogP contribution in [0.4, 0.5) is 4.39 Å². The fraction of sp³-hybridized carbons (Fsp3) is 0.417. The SMILES string of the molecule is O=C(O)[C@@H]1[C@H]2C[C@H]2CN1S(=O)c1ccc(F)cc1. The smallest absolute Gasteiger partial charge is 0.322 e. The lowest BCUT2D eigenvalue weighted by molar-refractivity contribution is -0.141. The first-order chi connectivity index (χ1) is 8.58. The van der Waals surface area contributed by atoms with Crippen molar-refractivity contribution in [3.8, 4) is 0 Å².